The summed E-state index contributed by atoms with van der Waals surface area (Å²) in [7, 11) is 0. The molecule has 0 N–H and O–H groups in total. The molecule has 2 aromatic rings. The van der Waals surface area contributed by atoms with Gasteiger partial charge in [0, 0.05) is 22.9 Å². The maximum atomic E-state index is 13.9. The van der Waals surface area contributed by atoms with Crippen LogP contribution in [0.5, 0.6) is 11.6 Å². The fourth-order valence-electron chi connectivity index (χ4n) is 2.21. The number of pyridine rings is 1. The highest BCUT2D eigenvalue weighted by Gasteiger charge is 2.73. The number of rotatable bonds is 4. The molecule has 0 amide bonds. The first-order chi connectivity index (χ1) is 12.3. The molecule has 3 nitrogen and oxygen atoms in total. The van der Waals surface area contributed by atoms with Crippen molar-refractivity contribution in [2.45, 2.75) is 31.9 Å². The van der Waals surface area contributed by atoms with E-state index in [2.05, 4.69) is 4.98 Å². The van der Waals surface area contributed by atoms with Gasteiger partial charge in [0.2, 0.25) is 5.88 Å². The average molecular weight is 395 g/mol. The van der Waals surface area contributed by atoms with Crippen LogP contribution >= 0.6 is 0 Å². The van der Waals surface area contributed by atoms with Gasteiger partial charge >= 0.3 is 18.0 Å². The molecular formula is C17H12F7NO2. The Balaban J connectivity index is 2.34. The molecule has 0 atom stereocenters. The molecule has 0 spiro atoms. The van der Waals surface area contributed by atoms with E-state index < -0.39 is 23.6 Å². The summed E-state index contributed by atoms with van der Waals surface area (Å²) in [6.45, 7) is 2.86. The zero-order valence-corrected chi connectivity index (χ0v) is 13.9. The van der Waals surface area contributed by atoms with E-state index in [4.69, 9.17) is 4.74 Å². The Bertz CT molecular complexity index is 828. The van der Waals surface area contributed by atoms with E-state index in [0.717, 1.165) is 12.1 Å². The van der Waals surface area contributed by atoms with Gasteiger partial charge in [-0.1, -0.05) is 12.1 Å². The fourth-order valence-corrected chi connectivity index (χ4v) is 2.21. The van der Waals surface area contributed by atoms with Gasteiger partial charge < -0.3 is 4.74 Å². The number of carbonyl (C=O) groups is 1. The second kappa shape index (κ2) is 6.82. The summed E-state index contributed by atoms with van der Waals surface area (Å²) >= 11 is 0. The van der Waals surface area contributed by atoms with Crippen molar-refractivity contribution < 1.29 is 40.3 Å². The first-order valence-electron chi connectivity index (χ1n) is 7.35. The molecule has 1 aromatic carbocycles. The third-order valence-electron chi connectivity index (χ3n) is 3.68. The Kier molecular flexibility index (Phi) is 5.22. The van der Waals surface area contributed by atoms with Crippen LogP contribution < -0.4 is 4.74 Å². The summed E-state index contributed by atoms with van der Waals surface area (Å²) in [6.07, 6.45) is -11.2. The fraction of sp³-hybridized carbons (Fsp3) is 0.294. The topological polar surface area (TPSA) is 39.2 Å². The van der Waals surface area contributed by atoms with Crippen LogP contribution in [-0.4, -0.2) is 23.1 Å². The summed E-state index contributed by atoms with van der Waals surface area (Å²) in [4.78, 5) is 15.1. The Hall–Kier alpha value is -2.65. The molecule has 0 aliphatic heterocycles. The number of carbonyl (C=O) groups excluding carboxylic acids is 1. The number of alkyl halides is 7. The smallest absolute Gasteiger partial charge is 0.435 e. The lowest BCUT2D eigenvalue weighted by atomic mass is 9.94. The number of Topliss-reactive ketones (excluding diaryl/α,β-unsaturated/α-hetero) is 1. The summed E-state index contributed by atoms with van der Waals surface area (Å²) in [5, 5.41) is 0. The van der Waals surface area contributed by atoms with Crippen molar-refractivity contribution in [3.05, 3.63) is 53.2 Å². The van der Waals surface area contributed by atoms with Crippen LogP contribution in [0.1, 0.15) is 28.4 Å². The SMILES string of the molecule is CC(=O)c1cnc(Oc2ccc(C(F)(C(F)(F)F)C(F)(F)F)cc2)c(C)c1. The summed E-state index contributed by atoms with van der Waals surface area (Å²) in [6, 6.07) is 3.67. The third-order valence-corrected chi connectivity index (χ3v) is 3.68. The number of hydrogen-bond donors (Lipinski definition) is 0. The standard InChI is InChI=1S/C17H12F7NO2/c1-9-7-11(10(2)26)8-25-14(9)27-13-5-3-12(4-6-13)15(18,16(19,20)21)17(22,23)24/h3-8H,1-2H3. The second-order valence-electron chi connectivity index (χ2n) is 5.68. The van der Waals surface area contributed by atoms with Gasteiger partial charge in [0.25, 0.3) is 0 Å². The number of ketones is 1. The van der Waals surface area contributed by atoms with Crippen molar-refractivity contribution in [1.29, 1.82) is 0 Å². The van der Waals surface area contributed by atoms with Crippen molar-refractivity contribution in [3.8, 4) is 11.6 Å². The predicted octanol–water partition coefficient (Wildman–Crippen LogP) is 5.67. The predicted molar refractivity (Wildman–Crippen MR) is 80.4 cm³/mol. The number of hydrogen-bond acceptors (Lipinski definition) is 3. The number of aryl methyl sites for hydroxylation is 1. The monoisotopic (exact) mass is 395 g/mol. The molecule has 1 aromatic heterocycles. The van der Waals surface area contributed by atoms with E-state index in [1.807, 2.05) is 0 Å². The Labute approximate surface area is 148 Å². The molecule has 1 heterocycles. The second-order valence-corrected chi connectivity index (χ2v) is 5.68. The lowest BCUT2D eigenvalue weighted by Crippen LogP contribution is -2.50. The molecule has 0 aliphatic carbocycles. The largest absolute Gasteiger partial charge is 0.439 e. The number of ether oxygens (including phenoxy) is 1. The molecule has 0 fully saturated rings. The van der Waals surface area contributed by atoms with Gasteiger partial charge in [0.1, 0.15) is 5.75 Å². The van der Waals surface area contributed by atoms with Gasteiger partial charge in [-0.3, -0.25) is 4.79 Å². The van der Waals surface area contributed by atoms with Gasteiger partial charge in [0.05, 0.1) is 0 Å². The normalized spacial score (nSPS) is 12.8. The summed E-state index contributed by atoms with van der Waals surface area (Å²) < 4.78 is 95.6. The highest BCUT2D eigenvalue weighted by atomic mass is 19.4. The first kappa shape index (κ1) is 20.7. The van der Waals surface area contributed by atoms with Crippen molar-refractivity contribution in [2.75, 3.05) is 0 Å². The molecular weight excluding hydrogens is 383 g/mol. The lowest BCUT2D eigenvalue weighted by Gasteiger charge is -2.30. The molecule has 0 bridgehead atoms. The van der Waals surface area contributed by atoms with Crippen LogP contribution in [0.25, 0.3) is 0 Å². The Morgan fingerprint density at radius 3 is 1.89 bits per heavy atom. The molecule has 0 saturated heterocycles. The highest BCUT2D eigenvalue weighted by molar-refractivity contribution is 5.93. The molecule has 146 valence electrons. The molecule has 0 unspecified atom stereocenters. The van der Waals surface area contributed by atoms with Gasteiger partial charge in [0.15, 0.2) is 5.78 Å². The minimum Gasteiger partial charge on any atom is -0.439 e. The number of nitrogens with zero attached hydrogens (tertiary/aromatic N) is 1. The highest BCUT2D eigenvalue weighted by Crippen LogP contribution is 2.53. The minimum atomic E-state index is -6.19. The molecule has 0 aliphatic rings. The van der Waals surface area contributed by atoms with Crippen LogP contribution in [0.15, 0.2) is 36.5 Å². The maximum Gasteiger partial charge on any atom is 0.435 e. The quantitative estimate of drug-likeness (QED) is 0.494. The number of benzene rings is 1. The van der Waals surface area contributed by atoms with E-state index >= 15 is 0 Å². The van der Waals surface area contributed by atoms with E-state index in [1.165, 1.54) is 19.2 Å². The van der Waals surface area contributed by atoms with Crippen molar-refractivity contribution in [1.82, 2.24) is 4.98 Å². The molecule has 10 heteroatoms. The molecule has 0 radical (unpaired) electrons. The van der Waals surface area contributed by atoms with Crippen LogP contribution in [0.3, 0.4) is 0 Å². The van der Waals surface area contributed by atoms with E-state index in [9.17, 15) is 35.5 Å². The van der Waals surface area contributed by atoms with E-state index in [-0.39, 0.29) is 17.4 Å². The molecule has 0 saturated carbocycles. The van der Waals surface area contributed by atoms with Gasteiger partial charge in [-0.2, -0.15) is 26.3 Å². The van der Waals surface area contributed by atoms with Gasteiger partial charge in [-0.05, 0) is 32.0 Å². The van der Waals surface area contributed by atoms with Gasteiger partial charge in [-0.25, -0.2) is 9.37 Å². The van der Waals surface area contributed by atoms with E-state index in [0.29, 0.717) is 23.3 Å². The van der Waals surface area contributed by atoms with Crippen LogP contribution in [0, 0.1) is 6.92 Å². The van der Waals surface area contributed by atoms with E-state index in [1.54, 1.807) is 6.92 Å². The number of halogens is 7. The summed E-state index contributed by atoms with van der Waals surface area (Å²) in [5.41, 5.74) is -6.41. The van der Waals surface area contributed by atoms with Crippen LogP contribution in [-0.2, 0) is 5.67 Å². The maximum absolute atomic E-state index is 13.9. The molecule has 27 heavy (non-hydrogen) atoms. The van der Waals surface area contributed by atoms with Crippen LogP contribution in [0.2, 0.25) is 0 Å². The molecule has 2 rings (SSSR count). The Morgan fingerprint density at radius 2 is 1.48 bits per heavy atom. The number of aromatic nitrogens is 1. The summed E-state index contributed by atoms with van der Waals surface area (Å²) in [5.74, 6) is -0.414. The lowest BCUT2D eigenvalue weighted by molar-refractivity contribution is -0.348. The average Bonchev–Trinajstić information content (AvgIpc) is 2.54. The van der Waals surface area contributed by atoms with Gasteiger partial charge in [-0.15, -0.1) is 0 Å². The third kappa shape index (κ3) is 3.88. The van der Waals surface area contributed by atoms with Crippen LogP contribution in [0.4, 0.5) is 30.7 Å². The minimum absolute atomic E-state index is 0.00842. The van der Waals surface area contributed by atoms with Crippen molar-refractivity contribution in [3.63, 3.8) is 0 Å². The first-order valence-corrected chi connectivity index (χ1v) is 7.35. The zero-order valence-electron chi connectivity index (χ0n) is 13.9. The Morgan fingerprint density at radius 1 is 0.963 bits per heavy atom. The van der Waals surface area contributed by atoms with Crippen molar-refractivity contribution >= 4 is 5.78 Å². The van der Waals surface area contributed by atoms with Crippen molar-refractivity contribution in [2.24, 2.45) is 0 Å². The zero-order chi connectivity index (χ0) is 20.6.